The Bertz CT molecular complexity index is 767. The van der Waals surface area contributed by atoms with E-state index in [0.717, 1.165) is 18.7 Å². The molecule has 0 unspecified atom stereocenters. The van der Waals surface area contributed by atoms with Crippen molar-refractivity contribution in [3.63, 3.8) is 0 Å². The van der Waals surface area contributed by atoms with Crippen molar-refractivity contribution in [2.24, 2.45) is 5.41 Å². The maximum Gasteiger partial charge on any atom is 0.245 e. The molecule has 1 fully saturated rings. The van der Waals surface area contributed by atoms with E-state index in [2.05, 4.69) is 0 Å². The van der Waals surface area contributed by atoms with Gasteiger partial charge in [0.2, 0.25) is 10.0 Å². The Balaban J connectivity index is 2.51. The first kappa shape index (κ1) is 16.3. The Hall–Kier alpha value is -1.12. The molecule has 1 aromatic rings. The van der Waals surface area contributed by atoms with Crippen LogP contribution >= 0.6 is 0 Å². The second-order valence-corrected chi connectivity index (χ2v) is 10.1. The van der Waals surface area contributed by atoms with Crippen molar-refractivity contribution in [2.45, 2.75) is 30.1 Å². The highest BCUT2D eigenvalue weighted by Gasteiger charge is 2.37. The van der Waals surface area contributed by atoms with Crippen LogP contribution in [0.25, 0.3) is 0 Å². The molecule has 21 heavy (non-hydrogen) atoms. The lowest BCUT2D eigenvalue weighted by atomic mass is 9.93. The van der Waals surface area contributed by atoms with Crippen LogP contribution in [0.1, 0.15) is 20.3 Å². The van der Waals surface area contributed by atoms with Crippen molar-refractivity contribution in [2.75, 3.05) is 25.1 Å². The van der Waals surface area contributed by atoms with Crippen LogP contribution in [0.3, 0.4) is 0 Å². The first-order valence-corrected chi connectivity index (χ1v) is 9.86. The summed E-state index contributed by atoms with van der Waals surface area (Å²) in [7, 11) is -7.27. The third-order valence-electron chi connectivity index (χ3n) is 3.67. The average molecular weight is 332 g/mol. The topological polar surface area (TPSA) is 97.5 Å². The highest BCUT2D eigenvalue weighted by molar-refractivity contribution is 7.91. The van der Waals surface area contributed by atoms with E-state index in [9.17, 15) is 16.8 Å². The molecule has 0 radical (unpaired) electrons. The van der Waals surface area contributed by atoms with Crippen LogP contribution in [0.5, 0.6) is 0 Å². The van der Waals surface area contributed by atoms with Crippen LogP contribution in [-0.4, -0.2) is 40.5 Å². The fourth-order valence-corrected chi connectivity index (χ4v) is 4.87. The third kappa shape index (κ3) is 3.22. The molecule has 0 aromatic heterocycles. The van der Waals surface area contributed by atoms with Crippen molar-refractivity contribution in [3.05, 3.63) is 18.2 Å². The van der Waals surface area contributed by atoms with E-state index in [4.69, 9.17) is 5.73 Å². The molecule has 2 N–H and O–H groups in total. The van der Waals surface area contributed by atoms with E-state index in [1.54, 1.807) is 0 Å². The predicted molar refractivity (Wildman–Crippen MR) is 81.1 cm³/mol. The highest BCUT2D eigenvalue weighted by atomic mass is 32.2. The molecule has 1 aliphatic rings. The molecule has 1 aromatic carbocycles. The van der Waals surface area contributed by atoms with Gasteiger partial charge >= 0.3 is 0 Å². The average Bonchev–Trinajstić information content (AvgIpc) is 2.69. The summed E-state index contributed by atoms with van der Waals surface area (Å²) in [6.07, 6.45) is 1.80. The van der Waals surface area contributed by atoms with Crippen molar-refractivity contribution >= 4 is 25.5 Å². The maximum absolute atomic E-state index is 12.7. The third-order valence-corrected chi connectivity index (χ3v) is 6.68. The summed E-state index contributed by atoms with van der Waals surface area (Å²) in [4.78, 5) is -0.183. The molecule has 6 nitrogen and oxygen atoms in total. The van der Waals surface area contributed by atoms with E-state index in [-0.39, 0.29) is 20.9 Å². The van der Waals surface area contributed by atoms with Gasteiger partial charge in [-0.2, -0.15) is 4.31 Å². The van der Waals surface area contributed by atoms with Crippen LogP contribution < -0.4 is 5.73 Å². The zero-order valence-corrected chi connectivity index (χ0v) is 14.0. The Morgan fingerprint density at radius 1 is 1.19 bits per heavy atom. The van der Waals surface area contributed by atoms with Crippen molar-refractivity contribution in [3.8, 4) is 0 Å². The molecule has 0 amide bonds. The number of anilines is 1. The monoisotopic (exact) mass is 332 g/mol. The molecule has 2 rings (SSSR count). The van der Waals surface area contributed by atoms with Gasteiger partial charge < -0.3 is 5.73 Å². The minimum atomic E-state index is -3.78. The summed E-state index contributed by atoms with van der Waals surface area (Å²) in [5.74, 6) is 0. The lowest BCUT2D eigenvalue weighted by Gasteiger charge is -2.20. The molecule has 1 heterocycles. The second kappa shape index (κ2) is 4.96. The Morgan fingerprint density at radius 3 is 2.29 bits per heavy atom. The SMILES string of the molecule is CC1(C)CCN(S(=O)(=O)c2cc(S(C)(=O)=O)ccc2N)C1. The van der Waals surface area contributed by atoms with E-state index in [0.29, 0.717) is 13.1 Å². The van der Waals surface area contributed by atoms with Gasteiger partial charge in [0.25, 0.3) is 0 Å². The zero-order chi connectivity index (χ0) is 16.1. The summed E-state index contributed by atoms with van der Waals surface area (Å²) < 4.78 is 49.9. The Kier molecular flexibility index (Phi) is 3.84. The largest absolute Gasteiger partial charge is 0.398 e. The van der Waals surface area contributed by atoms with Crippen LogP contribution in [0.15, 0.2) is 28.0 Å². The molecule has 1 aliphatic heterocycles. The van der Waals surface area contributed by atoms with Crippen molar-refractivity contribution in [1.29, 1.82) is 0 Å². The number of hydrogen-bond acceptors (Lipinski definition) is 5. The van der Waals surface area contributed by atoms with Crippen LogP contribution in [0, 0.1) is 5.41 Å². The van der Waals surface area contributed by atoms with E-state index in [1.165, 1.54) is 16.4 Å². The first-order chi connectivity index (χ1) is 9.43. The van der Waals surface area contributed by atoms with Gasteiger partial charge in [-0.05, 0) is 30.0 Å². The molecular weight excluding hydrogens is 312 g/mol. The number of rotatable bonds is 3. The van der Waals surface area contributed by atoms with Crippen molar-refractivity contribution in [1.82, 2.24) is 4.31 Å². The number of sulfone groups is 1. The van der Waals surface area contributed by atoms with E-state index < -0.39 is 19.9 Å². The summed E-state index contributed by atoms with van der Waals surface area (Å²) >= 11 is 0. The normalized spacial score (nSPS) is 19.8. The van der Waals surface area contributed by atoms with Gasteiger partial charge in [0, 0.05) is 19.3 Å². The maximum atomic E-state index is 12.7. The Labute approximate surface area is 125 Å². The van der Waals surface area contributed by atoms with Gasteiger partial charge in [0.05, 0.1) is 10.6 Å². The first-order valence-electron chi connectivity index (χ1n) is 6.53. The van der Waals surface area contributed by atoms with Gasteiger partial charge in [-0.3, -0.25) is 0 Å². The summed E-state index contributed by atoms with van der Waals surface area (Å²) in [6, 6.07) is 3.79. The minimum absolute atomic E-state index is 0.0475. The molecule has 118 valence electrons. The van der Waals surface area contributed by atoms with Crippen molar-refractivity contribution < 1.29 is 16.8 Å². The smallest absolute Gasteiger partial charge is 0.245 e. The van der Waals surface area contributed by atoms with Gasteiger partial charge in [0.15, 0.2) is 9.84 Å². The number of hydrogen-bond donors (Lipinski definition) is 1. The van der Waals surface area contributed by atoms with Crippen LogP contribution in [0.4, 0.5) is 5.69 Å². The highest BCUT2D eigenvalue weighted by Crippen LogP contribution is 2.34. The molecule has 0 bridgehead atoms. The van der Waals surface area contributed by atoms with Gasteiger partial charge in [-0.25, -0.2) is 16.8 Å². The molecule has 8 heteroatoms. The number of nitrogens with two attached hydrogens (primary N) is 1. The fourth-order valence-electron chi connectivity index (χ4n) is 2.38. The molecule has 0 saturated carbocycles. The quantitative estimate of drug-likeness (QED) is 0.836. The summed E-state index contributed by atoms with van der Waals surface area (Å²) in [5, 5.41) is 0. The molecule has 0 aliphatic carbocycles. The molecule has 1 saturated heterocycles. The van der Waals surface area contributed by atoms with E-state index in [1.807, 2.05) is 13.8 Å². The standard InChI is InChI=1S/C13H20N2O4S2/c1-13(2)6-7-15(9-13)21(18,19)12-8-10(20(3,16)17)4-5-11(12)14/h4-5,8H,6-7,9,14H2,1-3H3. The number of sulfonamides is 1. The number of nitrogens with zero attached hydrogens (tertiary/aromatic N) is 1. The minimum Gasteiger partial charge on any atom is -0.398 e. The van der Waals surface area contributed by atoms with E-state index >= 15 is 0 Å². The molecule has 0 spiro atoms. The lowest BCUT2D eigenvalue weighted by Crippen LogP contribution is -2.31. The number of nitrogen functional groups attached to an aromatic ring is 1. The van der Waals surface area contributed by atoms with Gasteiger partial charge in [0.1, 0.15) is 4.90 Å². The Morgan fingerprint density at radius 2 is 1.81 bits per heavy atom. The second-order valence-electron chi connectivity index (χ2n) is 6.22. The lowest BCUT2D eigenvalue weighted by molar-refractivity contribution is 0.375. The molecule has 0 atom stereocenters. The fraction of sp³-hybridized carbons (Fsp3) is 0.538. The molecular formula is C13H20N2O4S2. The van der Waals surface area contributed by atoms with Crippen LogP contribution in [0.2, 0.25) is 0 Å². The summed E-state index contributed by atoms with van der Waals surface area (Å²) in [6.45, 7) is 4.81. The number of benzene rings is 1. The predicted octanol–water partition coefficient (Wildman–Crippen LogP) is 1.09. The summed E-state index contributed by atoms with van der Waals surface area (Å²) in [5.41, 5.74) is 5.73. The van der Waals surface area contributed by atoms with Gasteiger partial charge in [-0.1, -0.05) is 13.8 Å². The zero-order valence-electron chi connectivity index (χ0n) is 12.3. The van der Waals surface area contributed by atoms with Crippen LogP contribution in [-0.2, 0) is 19.9 Å². The van der Waals surface area contributed by atoms with Gasteiger partial charge in [-0.15, -0.1) is 0 Å².